The third kappa shape index (κ3) is 4.31. The first kappa shape index (κ1) is 16.0. The molecule has 2 rings (SSSR count). The molecule has 0 spiro atoms. The van der Waals surface area contributed by atoms with E-state index in [9.17, 15) is 4.79 Å². The van der Waals surface area contributed by atoms with Crippen LogP contribution in [-0.2, 0) is 11.2 Å². The molecule has 1 fully saturated rings. The lowest BCUT2D eigenvalue weighted by atomic mass is 9.85. The second-order valence-corrected chi connectivity index (χ2v) is 6.86. The minimum Gasteiger partial charge on any atom is -0.342 e. The van der Waals surface area contributed by atoms with Crippen molar-refractivity contribution in [3.8, 4) is 0 Å². The van der Waals surface area contributed by atoms with E-state index in [0.29, 0.717) is 18.4 Å². The van der Waals surface area contributed by atoms with E-state index in [0.717, 1.165) is 38.8 Å². The minimum absolute atomic E-state index is 0.266. The van der Waals surface area contributed by atoms with Crippen LogP contribution in [0, 0.1) is 11.3 Å². The molecule has 21 heavy (non-hydrogen) atoms. The molecule has 0 radical (unpaired) electrons. The van der Waals surface area contributed by atoms with E-state index in [1.54, 1.807) is 0 Å². The van der Waals surface area contributed by atoms with Crippen LogP contribution < -0.4 is 5.73 Å². The number of hydrogen-bond donors (Lipinski definition) is 1. The normalized spacial score (nSPS) is 19.0. The largest absolute Gasteiger partial charge is 0.342 e. The average molecular weight is 288 g/mol. The van der Waals surface area contributed by atoms with Crippen molar-refractivity contribution in [1.29, 1.82) is 0 Å². The highest BCUT2D eigenvalue weighted by Crippen LogP contribution is 2.29. The number of carbonyl (C=O) groups excluding carboxylic acids is 1. The summed E-state index contributed by atoms with van der Waals surface area (Å²) < 4.78 is 0. The lowest BCUT2D eigenvalue weighted by Gasteiger charge is -2.29. The van der Waals surface area contributed by atoms with Crippen LogP contribution in [0.4, 0.5) is 0 Å². The number of hydrogen-bond acceptors (Lipinski definition) is 2. The van der Waals surface area contributed by atoms with E-state index in [1.165, 1.54) is 5.56 Å². The maximum absolute atomic E-state index is 12.7. The van der Waals surface area contributed by atoms with Crippen molar-refractivity contribution in [2.24, 2.45) is 17.1 Å². The van der Waals surface area contributed by atoms with Gasteiger partial charge in [-0.2, -0.15) is 0 Å². The fourth-order valence-electron chi connectivity index (χ4n) is 3.12. The zero-order valence-electron chi connectivity index (χ0n) is 13.3. The van der Waals surface area contributed by atoms with Gasteiger partial charge in [-0.3, -0.25) is 4.79 Å². The molecule has 3 nitrogen and oxygen atoms in total. The molecule has 0 bridgehead atoms. The number of nitrogens with two attached hydrogens (primary N) is 1. The summed E-state index contributed by atoms with van der Waals surface area (Å²) in [4.78, 5) is 14.7. The molecule has 0 saturated carbocycles. The number of benzene rings is 1. The molecule has 0 aliphatic carbocycles. The van der Waals surface area contributed by atoms with E-state index in [4.69, 9.17) is 5.73 Å². The van der Waals surface area contributed by atoms with Gasteiger partial charge in [0.15, 0.2) is 0 Å². The highest BCUT2D eigenvalue weighted by Gasteiger charge is 2.34. The summed E-state index contributed by atoms with van der Waals surface area (Å²) in [6.07, 6.45) is 4.09. The molecule has 1 unspecified atom stereocenters. The number of rotatable bonds is 6. The number of amides is 1. The smallest absolute Gasteiger partial charge is 0.228 e. The van der Waals surface area contributed by atoms with Crippen molar-refractivity contribution in [3.63, 3.8) is 0 Å². The van der Waals surface area contributed by atoms with Crippen LogP contribution in [0.25, 0.3) is 0 Å². The van der Waals surface area contributed by atoms with Crippen LogP contribution in [0.5, 0.6) is 0 Å². The summed E-state index contributed by atoms with van der Waals surface area (Å²) in [7, 11) is 0. The standard InChI is InChI=1S/C18H28N2O/c1-18(2,11-6-9-15-7-4-3-5-8-15)17(21)20-12-10-16(13-19)14-20/h3-5,7-8,16H,6,9-14,19H2,1-2H3. The summed E-state index contributed by atoms with van der Waals surface area (Å²) >= 11 is 0. The maximum atomic E-state index is 12.7. The lowest BCUT2D eigenvalue weighted by Crippen LogP contribution is -2.40. The second-order valence-electron chi connectivity index (χ2n) is 6.86. The Morgan fingerprint density at radius 1 is 1.33 bits per heavy atom. The second kappa shape index (κ2) is 7.08. The van der Waals surface area contributed by atoms with Crippen LogP contribution >= 0.6 is 0 Å². The highest BCUT2D eigenvalue weighted by molar-refractivity contribution is 5.82. The minimum atomic E-state index is -0.266. The maximum Gasteiger partial charge on any atom is 0.228 e. The van der Waals surface area contributed by atoms with E-state index >= 15 is 0 Å². The summed E-state index contributed by atoms with van der Waals surface area (Å²) in [5, 5.41) is 0. The van der Waals surface area contributed by atoms with Crippen molar-refractivity contribution in [3.05, 3.63) is 35.9 Å². The third-order valence-electron chi connectivity index (χ3n) is 4.60. The molecule has 2 N–H and O–H groups in total. The van der Waals surface area contributed by atoms with Crippen molar-refractivity contribution in [2.45, 2.75) is 39.5 Å². The van der Waals surface area contributed by atoms with Crippen LogP contribution in [0.3, 0.4) is 0 Å². The molecule has 1 aliphatic heterocycles. The molecule has 1 aliphatic rings. The molecular weight excluding hydrogens is 260 g/mol. The predicted octanol–water partition coefficient (Wildman–Crippen LogP) is 2.84. The van der Waals surface area contributed by atoms with E-state index in [2.05, 4.69) is 38.1 Å². The molecule has 1 atom stereocenters. The average Bonchev–Trinajstić information content (AvgIpc) is 2.96. The first-order valence-corrected chi connectivity index (χ1v) is 8.06. The Kier molecular flexibility index (Phi) is 5.40. The molecule has 1 heterocycles. The van der Waals surface area contributed by atoms with Gasteiger partial charge in [0.05, 0.1) is 0 Å². The first-order valence-electron chi connectivity index (χ1n) is 8.06. The van der Waals surface area contributed by atoms with E-state index in [-0.39, 0.29) is 5.41 Å². The van der Waals surface area contributed by atoms with Crippen molar-refractivity contribution < 1.29 is 4.79 Å². The number of nitrogens with zero attached hydrogens (tertiary/aromatic N) is 1. The summed E-state index contributed by atoms with van der Waals surface area (Å²) in [5.41, 5.74) is 6.80. The summed E-state index contributed by atoms with van der Waals surface area (Å²) in [6, 6.07) is 10.5. The van der Waals surface area contributed by atoms with Gasteiger partial charge >= 0.3 is 0 Å². The molecular formula is C18H28N2O. The Hall–Kier alpha value is -1.35. The van der Waals surface area contributed by atoms with Gasteiger partial charge in [-0.05, 0) is 43.7 Å². The van der Waals surface area contributed by atoms with Gasteiger partial charge in [-0.25, -0.2) is 0 Å². The van der Waals surface area contributed by atoms with Gasteiger partial charge in [0.2, 0.25) is 5.91 Å². The van der Waals surface area contributed by atoms with Gasteiger partial charge in [-0.15, -0.1) is 0 Å². The SMILES string of the molecule is CC(C)(CCCc1ccccc1)C(=O)N1CCC(CN)C1. The third-order valence-corrected chi connectivity index (χ3v) is 4.60. The van der Waals surface area contributed by atoms with E-state index < -0.39 is 0 Å². The Bertz CT molecular complexity index is 456. The van der Waals surface area contributed by atoms with Gasteiger partial charge in [0.25, 0.3) is 0 Å². The Morgan fingerprint density at radius 3 is 2.67 bits per heavy atom. The molecule has 3 heteroatoms. The van der Waals surface area contributed by atoms with Crippen LogP contribution in [0.2, 0.25) is 0 Å². The van der Waals surface area contributed by atoms with Crippen molar-refractivity contribution in [2.75, 3.05) is 19.6 Å². The zero-order valence-corrected chi connectivity index (χ0v) is 13.3. The Balaban J connectivity index is 1.82. The molecule has 1 amide bonds. The highest BCUT2D eigenvalue weighted by atomic mass is 16.2. The quantitative estimate of drug-likeness (QED) is 0.875. The molecule has 1 aromatic rings. The molecule has 116 valence electrons. The molecule has 1 aromatic carbocycles. The van der Waals surface area contributed by atoms with Gasteiger partial charge in [-0.1, -0.05) is 44.2 Å². The van der Waals surface area contributed by atoms with Crippen molar-refractivity contribution >= 4 is 5.91 Å². The summed E-state index contributed by atoms with van der Waals surface area (Å²) in [5.74, 6) is 0.792. The zero-order chi connectivity index (χ0) is 15.3. The van der Waals surface area contributed by atoms with Gasteiger partial charge < -0.3 is 10.6 Å². The topological polar surface area (TPSA) is 46.3 Å². The number of carbonyl (C=O) groups is 1. The van der Waals surface area contributed by atoms with Gasteiger partial charge in [0.1, 0.15) is 0 Å². The fraction of sp³-hybridized carbons (Fsp3) is 0.611. The van der Waals surface area contributed by atoms with Crippen molar-refractivity contribution in [1.82, 2.24) is 4.90 Å². The Labute approximate surface area is 128 Å². The molecule has 1 saturated heterocycles. The summed E-state index contributed by atoms with van der Waals surface area (Å²) in [6.45, 7) is 6.57. The van der Waals surface area contributed by atoms with Crippen LogP contribution in [-0.4, -0.2) is 30.4 Å². The van der Waals surface area contributed by atoms with Crippen LogP contribution in [0.15, 0.2) is 30.3 Å². The number of aryl methyl sites for hydroxylation is 1. The van der Waals surface area contributed by atoms with E-state index in [1.807, 2.05) is 11.0 Å². The predicted molar refractivity (Wildman–Crippen MR) is 86.9 cm³/mol. The first-order chi connectivity index (χ1) is 10.0. The lowest BCUT2D eigenvalue weighted by molar-refractivity contribution is -0.139. The number of likely N-dealkylation sites (tertiary alicyclic amines) is 1. The van der Waals surface area contributed by atoms with Gasteiger partial charge in [0, 0.05) is 18.5 Å². The fourth-order valence-corrected chi connectivity index (χ4v) is 3.12. The Morgan fingerprint density at radius 2 is 2.05 bits per heavy atom. The van der Waals surface area contributed by atoms with Crippen LogP contribution in [0.1, 0.15) is 38.7 Å². The molecule has 0 aromatic heterocycles. The monoisotopic (exact) mass is 288 g/mol.